The van der Waals surface area contributed by atoms with E-state index in [-0.39, 0.29) is 17.7 Å². The first kappa shape index (κ1) is 25.0. The molecule has 1 fully saturated rings. The topological polar surface area (TPSA) is 135 Å². The number of rotatable bonds is 6. The Hall–Kier alpha value is -4.32. The van der Waals surface area contributed by atoms with Crippen LogP contribution in [-0.4, -0.2) is 70.7 Å². The van der Waals surface area contributed by atoms with Crippen LogP contribution in [0.1, 0.15) is 46.2 Å². The zero-order chi connectivity index (χ0) is 27.4. The molecule has 1 aliphatic heterocycles. The maximum Gasteiger partial charge on any atom is 0.358 e. The fourth-order valence-electron chi connectivity index (χ4n) is 6.11. The lowest BCUT2D eigenvalue weighted by atomic mass is 9.86. The molecule has 1 aliphatic rings. The van der Waals surface area contributed by atoms with Crippen molar-refractivity contribution in [1.29, 1.82) is 0 Å². The van der Waals surface area contributed by atoms with E-state index in [4.69, 9.17) is 14.5 Å². The van der Waals surface area contributed by atoms with Gasteiger partial charge >= 0.3 is 5.97 Å². The van der Waals surface area contributed by atoms with Crippen molar-refractivity contribution in [1.82, 2.24) is 39.3 Å². The van der Waals surface area contributed by atoms with E-state index in [1.165, 1.54) is 0 Å². The molecule has 39 heavy (non-hydrogen) atoms. The number of methoxy groups -OCH3 is 1. The standard InChI is InChI=1S/C27H30N8O4/c1-14-17(23-15(2)30-32-34(23)4)13-29-20-22(14)35(26-21(27(36)37)31-33(3)25(20)26)24(16-7-10-39-11-8-16)18-12-28-9-6-19(18)38-5/h6,9,12-13,16,24H,7-8,10-11H2,1-5H3,(H,36,37). The molecular weight excluding hydrogens is 500 g/mol. The van der Waals surface area contributed by atoms with Gasteiger partial charge in [-0.3, -0.25) is 14.6 Å². The molecule has 5 aromatic rings. The van der Waals surface area contributed by atoms with E-state index < -0.39 is 5.97 Å². The van der Waals surface area contributed by atoms with Gasteiger partial charge in [-0.1, -0.05) is 5.21 Å². The first-order valence-corrected chi connectivity index (χ1v) is 12.8. The van der Waals surface area contributed by atoms with Gasteiger partial charge in [-0.25, -0.2) is 9.48 Å². The second-order valence-corrected chi connectivity index (χ2v) is 10.00. The number of aryl methyl sites for hydroxylation is 4. The van der Waals surface area contributed by atoms with E-state index in [1.54, 1.807) is 29.7 Å². The second-order valence-electron chi connectivity index (χ2n) is 10.00. The van der Waals surface area contributed by atoms with E-state index in [0.717, 1.165) is 46.4 Å². The number of aromatic carboxylic acids is 1. The van der Waals surface area contributed by atoms with Crippen LogP contribution in [0.25, 0.3) is 33.3 Å². The maximum absolute atomic E-state index is 12.6. The monoisotopic (exact) mass is 530 g/mol. The molecule has 0 saturated carbocycles. The molecule has 5 aromatic heterocycles. The van der Waals surface area contributed by atoms with Gasteiger partial charge in [-0.15, -0.1) is 5.10 Å². The highest BCUT2D eigenvalue weighted by Gasteiger charge is 2.36. The Bertz CT molecular complexity index is 1710. The average molecular weight is 531 g/mol. The molecule has 0 aromatic carbocycles. The molecule has 0 spiro atoms. The smallest absolute Gasteiger partial charge is 0.358 e. The lowest BCUT2D eigenvalue weighted by Crippen LogP contribution is -2.28. The van der Waals surface area contributed by atoms with Crippen LogP contribution in [0.4, 0.5) is 0 Å². The van der Waals surface area contributed by atoms with Gasteiger partial charge in [0.1, 0.15) is 22.3 Å². The van der Waals surface area contributed by atoms with Crippen molar-refractivity contribution in [2.24, 2.45) is 20.0 Å². The highest BCUT2D eigenvalue weighted by atomic mass is 16.5. The summed E-state index contributed by atoms with van der Waals surface area (Å²) in [4.78, 5) is 21.9. The van der Waals surface area contributed by atoms with Gasteiger partial charge in [0.2, 0.25) is 0 Å². The van der Waals surface area contributed by atoms with Crippen LogP contribution in [0, 0.1) is 19.8 Å². The number of aromatic nitrogens is 8. The Kier molecular flexibility index (Phi) is 6.06. The third-order valence-corrected chi connectivity index (χ3v) is 7.83. The quantitative estimate of drug-likeness (QED) is 0.350. The first-order chi connectivity index (χ1) is 18.8. The van der Waals surface area contributed by atoms with Crippen molar-refractivity contribution in [3.05, 3.63) is 47.2 Å². The molecule has 0 radical (unpaired) electrons. The summed E-state index contributed by atoms with van der Waals surface area (Å²) in [5, 5.41) is 23.1. The Morgan fingerprint density at radius 2 is 1.90 bits per heavy atom. The first-order valence-electron chi connectivity index (χ1n) is 12.8. The van der Waals surface area contributed by atoms with Gasteiger partial charge in [0.25, 0.3) is 0 Å². The minimum Gasteiger partial charge on any atom is -0.496 e. The molecule has 202 valence electrons. The number of carboxylic acids is 1. The normalized spacial score (nSPS) is 15.3. The van der Waals surface area contributed by atoms with Crippen LogP contribution in [0.3, 0.4) is 0 Å². The lowest BCUT2D eigenvalue weighted by molar-refractivity contribution is 0.0548. The molecule has 1 unspecified atom stereocenters. The fraction of sp³-hybridized carbons (Fsp3) is 0.407. The van der Waals surface area contributed by atoms with Crippen molar-refractivity contribution in [3.8, 4) is 17.0 Å². The summed E-state index contributed by atoms with van der Waals surface area (Å²) in [7, 11) is 5.25. The van der Waals surface area contributed by atoms with E-state index in [1.807, 2.05) is 39.4 Å². The molecule has 1 atom stereocenters. The predicted octanol–water partition coefficient (Wildman–Crippen LogP) is 3.45. The predicted molar refractivity (Wildman–Crippen MR) is 143 cm³/mol. The number of fused-ring (bicyclic) bond motifs is 3. The highest BCUT2D eigenvalue weighted by Crippen LogP contribution is 2.45. The summed E-state index contributed by atoms with van der Waals surface area (Å²) in [6.07, 6.45) is 6.92. The Morgan fingerprint density at radius 1 is 1.13 bits per heavy atom. The maximum atomic E-state index is 12.6. The van der Waals surface area contributed by atoms with E-state index in [2.05, 4.69) is 25.0 Å². The molecule has 0 amide bonds. The molecule has 1 saturated heterocycles. The largest absolute Gasteiger partial charge is 0.496 e. The van der Waals surface area contributed by atoms with Crippen LogP contribution in [0.15, 0.2) is 24.7 Å². The summed E-state index contributed by atoms with van der Waals surface area (Å²) in [5.41, 5.74) is 7.02. The Labute approximate surface area is 224 Å². The molecule has 0 bridgehead atoms. The zero-order valence-corrected chi connectivity index (χ0v) is 22.5. The summed E-state index contributed by atoms with van der Waals surface area (Å²) in [6, 6.07) is 1.54. The van der Waals surface area contributed by atoms with Crippen LogP contribution < -0.4 is 4.74 Å². The van der Waals surface area contributed by atoms with E-state index in [9.17, 15) is 9.90 Å². The van der Waals surface area contributed by atoms with Crippen molar-refractivity contribution >= 4 is 28.0 Å². The lowest BCUT2D eigenvalue weighted by Gasteiger charge is -2.33. The van der Waals surface area contributed by atoms with Crippen LogP contribution in [-0.2, 0) is 18.8 Å². The summed E-state index contributed by atoms with van der Waals surface area (Å²) >= 11 is 0. The van der Waals surface area contributed by atoms with Gasteiger partial charge in [-0.05, 0) is 44.2 Å². The number of carbonyl (C=O) groups is 1. The van der Waals surface area contributed by atoms with Crippen molar-refractivity contribution < 1.29 is 19.4 Å². The summed E-state index contributed by atoms with van der Waals surface area (Å²) in [5.74, 6) is -0.288. The van der Waals surface area contributed by atoms with Gasteiger partial charge in [0.15, 0.2) is 5.69 Å². The molecule has 0 aliphatic carbocycles. The second kappa shape index (κ2) is 9.45. The number of carboxylic acid groups (broad SMARTS) is 1. The summed E-state index contributed by atoms with van der Waals surface area (Å²) < 4.78 is 17.0. The van der Waals surface area contributed by atoms with Gasteiger partial charge in [0, 0.05) is 57.0 Å². The van der Waals surface area contributed by atoms with Crippen LogP contribution in [0.2, 0.25) is 0 Å². The highest BCUT2D eigenvalue weighted by molar-refractivity contribution is 6.12. The van der Waals surface area contributed by atoms with Crippen molar-refractivity contribution in [3.63, 3.8) is 0 Å². The molecule has 1 N–H and O–H groups in total. The minimum absolute atomic E-state index is 0.0234. The number of ether oxygens (including phenoxy) is 2. The zero-order valence-electron chi connectivity index (χ0n) is 22.5. The third-order valence-electron chi connectivity index (χ3n) is 7.83. The Morgan fingerprint density at radius 3 is 2.56 bits per heavy atom. The SMILES string of the molecule is COc1ccncc1C(C1CCOCC1)n1c2c(C)c(-c3c(C)nnn3C)cnc2c2c1c(C(=O)O)nn2C. The van der Waals surface area contributed by atoms with Crippen LogP contribution >= 0.6 is 0 Å². The van der Waals surface area contributed by atoms with Crippen LogP contribution in [0.5, 0.6) is 5.75 Å². The average Bonchev–Trinajstić information content (AvgIpc) is 3.57. The van der Waals surface area contributed by atoms with E-state index >= 15 is 0 Å². The Balaban J connectivity index is 1.78. The molecule has 12 heteroatoms. The number of nitrogens with zero attached hydrogens (tertiary/aromatic N) is 8. The van der Waals surface area contributed by atoms with Gasteiger partial charge < -0.3 is 19.1 Å². The number of hydrogen-bond donors (Lipinski definition) is 1. The molecule has 12 nitrogen and oxygen atoms in total. The molecule has 6 heterocycles. The third kappa shape index (κ3) is 3.77. The number of hydrogen-bond acceptors (Lipinski definition) is 8. The fourth-order valence-corrected chi connectivity index (χ4v) is 6.11. The van der Waals surface area contributed by atoms with Gasteiger partial charge in [0.05, 0.1) is 30.1 Å². The number of pyridine rings is 2. The minimum atomic E-state index is -1.10. The van der Waals surface area contributed by atoms with Gasteiger partial charge in [-0.2, -0.15) is 5.10 Å². The summed E-state index contributed by atoms with van der Waals surface area (Å²) in [6.45, 7) is 5.19. The van der Waals surface area contributed by atoms with Crippen molar-refractivity contribution in [2.75, 3.05) is 20.3 Å². The molecule has 6 rings (SSSR count). The van der Waals surface area contributed by atoms with Crippen molar-refractivity contribution in [2.45, 2.75) is 32.7 Å². The molecular formula is C27H30N8O4. The van der Waals surface area contributed by atoms with E-state index in [0.29, 0.717) is 35.5 Å².